The molecule has 1 heterocycles. The Balaban J connectivity index is 2.36. The molecule has 1 aliphatic heterocycles. The first kappa shape index (κ1) is 11.5. The van der Waals surface area contributed by atoms with E-state index in [2.05, 4.69) is 11.8 Å². The highest BCUT2D eigenvalue weighted by Gasteiger charge is 2.13. The molecule has 0 atom stereocenters. The van der Waals surface area contributed by atoms with Crippen LogP contribution in [-0.4, -0.2) is 23.9 Å². The molecule has 0 aromatic heterocycles. The average Bonchev–Trinajstić information content (AvgIpc) is 2.28. The highest BCUT2D eigenvalue weighted by atomic mass is 16.2. The molecular formula is C12H23NO. The summed E-state index contributed by atoms with van der Waals surface area (Å²) in [5, 5.41) is 0. The molecule has 0 aromatic rings. The van der Waals surface area contributed by atoms with Crippen molar-refractivity contribution < 1.29 is 4.79 Å². The number of rotatable bonds is 3. The summed E-state index contributed by atoms with van der Waals surface area (Å²) in [5.41, 5.74) is 0. The molecule has 2 nitrogen and oxygen atoms in total. The van der Waals surface area contributed by atoms with Gasteiger partial charge in [-0.2, -0.15) is 0 Å². The van der Waals surface area contributed by atoms with E-state index in [0.717, 1.165) is 32.4 Å². The van der Waals surface area contributed by atoms with Crippen LogP contribution >= 0.6 is 0 Å². The SMILES string of the molecule is CCCCN1CCCCCCCC1=O. The summed E-state index contributed by atoms with van der Waals surface area (Å²) < 4.78 is 0. The molecular weight excluding hydrogens is 174 g/mol. The zero-order valence-corrected chi connectivity index (χ0v) is 9.43. The van der Waals surface area contributed by atoms with Gasteiger partial charge in [0.15, 0.2) is 0 Å². The molecule has 0 radical (unpaired) electrons. The first-order valence-corrected chi connectivity index (χ1v) is 6.12. The van der Waals surface area contributed by atoms with E-state index in [1.54, 1.807) is 0 Å². The van der Waals surface area contributed by atoms with Crippen molar-refractivity contribution in [2.24, 2.45) is 0 Å². The third-order valence-electron chi connectivity index (χ3n) is 2.95. The number of carbonyl (C=O) groups is 1. The Labute approximate surface area is 87.7 Å². The maximum absolute atomic E-state index is 11.8. The van der Waals surface area contributed by atoms with E-state index in [1.807, 2.05) is 0 Å². The van der Waals surface area contributed by atoms with Gasteiger partial charge in [-0.15, -0.1) is 0 Å². The van der Waals surface area contributed by atoms with Gasteiger partial charge in [-0.25, -0.2) is 0 Å². The van der Waals surface area contributed by atoms with E-state index in [-0.39, 0.29) is 0 Å². The van der Waals surface area contributed by atoms with Crippen LogP contribution in [0.4, 0.5) is 0 Å². The molecule has 1 saturated heterocycles. The summed E-state index contributed by atoms with van der Waals surface area (Å²) in [6.45, 7) is 4.16. The first-order chi connectivity index (χ1) is 6.84. The third-order valence-corrected chi connectivity index (χ3v) is 2.95. The van der Waals surface area contributed by atoms with Crippen LogP contribution < -0.4 is 0 Å². The third kappa shape index (κ3) is 4.12. The van der Waals surface area contributed by atoms with E-state index in [1.165, 1.54) is 32.1 Å². The maximum atomic E-state index is 11.8. The Morgan fingerprint density at radius 1 is 1.14 bits per heavy atom. The lowest BCUT2D eigenvalue weighted by molar-refractivity contribution is -0.131. The van der Waals surface area contributed by atoms with Crippen LogP contribution in [0.5, 0.6) is 0 Å². The van der Waals surface area contributed by atoms with E-state index < -0.39 is 0 Å². The molecule has 0 aliphatic carbocycles. The van der Waals surface area contributed by atoms with Gasteiger partial charge >= 0.3 is 0 Å². The zero-order chi connectivity index (χ0) is 10.2. The van der Waals surface area contributed by atoms with Crippen molar-refractivity contribution in [2.45, 2.75) is 58.3 Å². The van der Waals surface area contributed by atoms with Crippen molar-refractivity contribution >= 4 is 5.91 Å². The van der Waals surface area contributed by atoms with Gasteiger partial charge in [0.05, 0.1) is 0 Å². The van der Waals surface area contributed by atoms with Crippen LogP contribution in [0.15, 0.2) is 0 Å². The van der Waals surface area contributed by atoms with Gasteiger partial charge in [-0.1, -0.05) is 32.6 Å². The molecule has 0 unspecified atom stereocenters. The number of hydrogen-bond acceptors (Lipinski definition) is 1. The van der Waals surface area contributed by atoms with Crippen LogP contribution in [-0.2, 0) is 4.79 Å². The Morgan fingerprint density at radius 3 is 2.64 bits per heavy atom. The highest BCUT2D eigenvalue weighted by Crippen LogP contribution is 2.12. The Kier molecular flexibility index (Phi) is 5.65. The second-order valence-corrected chi connectivity index (χ2v) is 4.25. The molecule has 0 aromatic carbocycles. The predicted molar refractivity (Wildman–Crippen MR) is 59.2 cm³/mol. The van der Waals surface area contributed by atoms with Crippen LogP contribution in [0, 0.1) is 0 Å². The Hall–Kier alpha value is -0.530. The van der Waals surface area contributed by atoms with Gasteiger partial charge in [-0.3, -0.25) is 4.79 Å². The quantitative estimate of drug-likeness (QED) is 0.681. The Morgan fingerprint density at radius 2 is 1.86 bits per heavy atom. The summed E-state index contributed by atoms with van der Waals surface area (Å²) in [6, 6.07) is 0. The van der Waals surface area contributed by atoms with Crippen molar-refractivity contribution in [1.82, 2.24) is 4.90 Å². The molecule has 2 heteroatoms. The number of unbranched alkanes of at least 4 members (excludes halogenated alkanes) is 1. The smallest absolute Gasteiger partial charge is 0.222 e. The van der Waals surface area contributed by atoms with Crippen LogP contribution in [0.2, 0.25) is 0 Å². The minimum Gasteiger partial charge on any atom is -0.343 e. The zero-order valence-electron chi connectivity index (χ0n) is 9.43. The molecule has 1 fully saturated rings. The van der Waals surface area contributed by atoms with Gasteiger partial charge in [-0.05, 0) is 19.3 Å². The maximum Gasteiger partial charge on any atom is 0.222 e. The lowest BCUT2D eigenvalue weighted by Crippen LogP contribution is -2.32. The molecule has 1 amide bonds. The van der Waals surface area contributed by atoms with Gasteiger partial charge in [0.2, 0.25) is 5.91 Å². The number of carbonyl (C=O) groups excluding carboxylic acids is 1. The summed E-state index contributed by atoms with van der Waals surface area (Å²) in [4.78, 5) is 13.8. The van der Waals surface area contributed by atoms with Gasteiger partial charge < -0.3 is 4.90 Å². The highest BCUT2D eigenvalue weighted by molar-refractivity contribution is 5.76. The fraction of sp³-hybridized carbons (Fsp3) is 0.917. The van der Waals surface area contributed by atoms with Gasteiger partial charge in [0.1, 0.15) is 0 Å². The molecule has 1 rings (SSSR count). The molecule has 0 N–H and O–H groups in total. The number of nitrogens with zero attached hydrogens (tertiary/aromatic N) is 1. The second-order valence-electron chi connectivity index (χ2n) is 4.25. The number of amides is 1. The minimum absolute atomic E-state index is 0.389. The van der Waals surface area contributed by atoms with Crippen LogP contribution in [0.3, 0.4) is 0 Å². The summed E-state index contributed by atoms with van der Waals surface area (Å²) in [5.74, 6) is 0.389. The topological polar surface area (TPSA) is 20.3 Å². The predicted octanol–water partition coefficient (Wildman–Crippen LogP) is 2.97. The molecule has 1 aliphatic rings. The van der Waals surface area contributed by atoms with Crippen molar-refractivity contribution in [3.63, 3.8) is 0 Å². The summed E-state index contributed by atoms with van der Waals surface area (Å²) in [6.07, 6.45) is 9.29. The molecule has 0 saturated carbocycles. The summed E-state index contributed by atoms with van der Waals surface area (Å²) in [7, 11) is 0. The molecule has 14 heavy (non-hydrogen) atoms. The minimum atomic E-state index is 0.389. The lowest BCUT2D eigenvalue weighted by Gasteiger charge is -2.21. The molecule has 82 valence electrons. The fourth-order valence-corrected chi connectivity index (χ4v) is 1.98. The average molecular weight is 197 g/mol. The largest absolute Gasteiger partial charge is 0.343 e. The van der Waals surface area contributed by atoms with Crippen LogP contribution in [0.1, 0.15) is 58.3 Å². The first-order valence-electron chi connectivity index (χ1n) is 6.12. The van der Waals surface area contributed by atoms with Crippen molar-refractivity contribution in [3.05, 3.63) is 0 Å². The van der Waals surface area contributed by atoms with E-state index >= 15 is 0 Å². The van der Waals surface area contributed by atoms with E-state index in [9.17, 15) is 4.79 Å². The van der Waals surface area contributed by atoms with Crippen molar-refractivity contribution in [1.29, 1.82) is 0 Å². The molecule has 0 bridgehead atoms. The van der Waals surface area contributed by atoms with E-state index in [0.29, 0.717) is 5.91 Å². The fourth-order valence-electron chi connectivity index (χ4n) is 1.98. The normalized spacial score (nSPS) is 20.1. The van der Waals surface area contributed by atoms with Crippen LogP contribution in [0.25, 0.3) is 0 Å². The van der Waals surface area contributed by atoms with Crippen molar-refractivity contribution in [2.75, 3.05) is 13.1 Å². The lowest BCUT2D eigenvalue weighted by atomic mass is 10.1. The Bertz CT molecular complexity index is 168. The number of hydrogen-bond donors (Lipinski definition) is 0. The van der Waals surface area contributed by atoms with Gasteiger partial charge in [0.25, 0.3) is 0 Å². The van der Waals surface area contributed by atoms with Crippen molar-refractivity contribution in [3.8, 4) is 0 Å². The monoisotopic (exact) mass is 197 g/mol. The van der Waals surface area contributed by atoms with E-state index in [4.69, 9.17) is 0 Å². The molecule has 0 spiro atoms. The second kappa shape index (κ2) is 6.86. The van der Waals surface area contributed by atoms with Gasteiger partial charge in [0, 0.05) is 19.5 Å². The standard InChI is InChI=1S/C12H23NO/c1-2-3-10-13-11-8-6-4-5-7-9-12(13)14/h2-11H2,1H3. The summed E-state index contributed by atoms with van der Waals surface area (Å²) >= 11 is 0.